The fourth-order valence-corrected chi connectivity index (χ4v) is 1.48. The van der Waals surface area contributed by atoms with E-state index in [4.69, 9.17) is 0 Å². The minimum atomic E-state index is -0.406. The van der Waals surface area contributed by atoms with Crippen molar-refractivity contribution in [2.75, 3.05) is 14.2 Å². The maximum atomic E-state index is 11.4. The Morgan fingerprint density at radius 3 is 1.44 bits per heavy atom. The van der Waals surface area contributed by atoms with Crippen molar-refractivity contribution in [1.29, 1.82) is 0 Å². The summed E-state index contributed by atoms with van der Waals surface area (Å²) in [6.07, 6.45) is 0. The molecular weight excluding hydrogens is 208 g/mol. The summed E-state index contributed by atoms with van der Waals surface area (Å²) in [7, 11) is 2.65. The number of esters is 2. The summed E-state index contributed by atoms with van der Waals surface area (Å²) in [5.74, 6) is -0.811. The summed E-state index contributed by atoms with van der Waals surface area (Å²) in [6, 6.07) is 3.14. The Kier molecular flexibility index (Phi) is 3.66. The quantitative estimate of drug-likeness (QED) is 0.717. The van der Waals surface area contributed by atoms with Crippen LogP contribution in [0.2, 0.25) is 0 Å². The van der Waals surface area contributed by atoms with Gasteiger partial charge in [0.1, 0.15) is 0 Å². The molecule has 0 radical (unpaired) electrons. The molecule has 0 unspecified atom stereocenters. The molecule has 0 spiro atoms. The van der Waals surface area contributed by atoms with Crippen molar-refractivity contribution >= 4 is 11.9 Å². The maximum absolute atomic E-state index is 11.4. The van der Waals surface area contributed by atoms with Gasteiger partial charge in [-0.25, -0.2) is 9.59 Å². The first-order valence-electron chi connectivity index (χ1n) is 4.79. The molecule has 0 aliphatic rings. The van der Waals surface area contributed by atoms with Crippen LogP contribution in [0, 0.1) is 13.8 Å². The minimum Gasteiger partial charge on any atom is -0.465 e. The standard InChI is InChI=1S/C12H14O4/c1-7-8(2)10(12(14)16-4)6-5-9(7)11(13)15-3/h5-6H,1-4H3. The molecule has 0 saturated carbocycles. The van der Waals surface area contributed by atoms with Gasteiger partial charge >= 0.3 is 11.9 Å². The molecule has 0 amide bonds. The second kappa shape index (κ2) is 4.79. The molecular formula is C12H14O4. The lowest BCUT2D eigenvalue weighted by Gasteiger charge is -2.10. The maximum Gasteiger partial charge on any atom is 0.338 e. The van der Waals surface area contributed by atoms with Gasteiger partial charge in [0, 0.05) is 0 Å². The molecule has 1 rings (SSSR count). The Morgan fingerprint density at radius 2 is 1.19 bits per heavy atom. The predicted molar refractivity (Wildman–Crippen MR) is 58.6 cm³/mol. The van der Waals surface area contributed by atoms with Crippen LogP contribution in [0.4, 0.5) is 0 Å². The van der Waals surface area contributed by atoms with E-state index in [1.165, 1.54) is 14.2 Å². The van der Waals surface area contributed by atoms with Gasteiger partial charge in [-0.05, 0) is 37.1 Å². The van der Waals surface area contributed by atoms with Gasteiger partial charge in [0.05, 0.1) is 25.3 Å². The zero-order valence-electron chi connectivity index (χ0n) is 9.79. The van der Waals surface area contributed by atoms with Crippen LogP contribution in [0.25, 0.3) is 0 Å². The van der Waals surface area contributed by atoms with E-state index in [0.29, 0.717) is 11.1 Å². The lowest BCUT2D eigenvalue weighted by molar-refractivity contribution is 0.0585. The first-order chi connectivity index (χ1) is 7.52. The molecule has 4 nitrogen and oxygen atoms in total. The Hall–Kier alpha value is -1.84. The van der Waals surface area contributed by atoms with Crippen LogP contribution in [0.15, 0.2) is 12.1 Å². The van der Waals surface area contributed by atoms with Crippen LogP contribution in [0.1, 0.15) is 31.8 Å². The van der Waals surface area contributed by atoms with Gasteiger partial charge in [-0.1, -0.05) is 0 Å². The summed E-state index contributed by atoms with van der Waals surface area (Å²) in [5, 5.41) is 0. The van der Waals surface area contributed by atoms with E-state index < -0.39 is 11.9 Å². The van der Waals surface area contributed by atoms with E-state index in [-0.39, 0.29) is 0 Å². The molecule has 4 heteroatoms. The number of rotatable bonds is 2. The summed E-state index contributed by atoms with van der Waals surface area (Å²) in [5.41, 5.74) is 2.39. The topological polar surface area (TPSA) is 52.6 Å². The van der Waals surface area contributed by atoms with E-state index in [0.717, 1.165) is 11.1 Å². The molecule has 0 aliphatic heterocycles. The first-order valence-corrected chi connectivity index (χ1v) is 4.79. The van der Waals surface area contributed by atoms with Crippen LogP contribution in [-0.4, -0.2) is 26.2 Å². The van der Waals surface area contributed by atoms with Crippen LogP contribution in [-0.2, 0) is 9.47 Å². The van der Waals surface area contributed by atoms with E-state index in [2.05, 4.69) is 9.47 Å². The molecule has 16 heavy (non-hydrogen) atoms. The minimum absolute atomic E-state index is 0.406. The SMILES string of the molecule is COC(=O)c1ccc(C(=O)OC)c(C)c1C. The van der Waals surface area contributed by atoms with Crippen molar-refractivity contribution in [1.82, 2.24) is 0 Å². The Labute approximate surface area is 94.2 Å². The fourth-order valence-electron chi connectivity index (χ4n) is 1.48. The van der Waals surface area contributed by atoms with Crippen molar-refractivity contribution in [3.8, 4) is 0 Å². The van der Waals surface area contributed by atoms with E-state index in [1.807, 2.05) is 0 Å². The zero-order chi connectivity index (χ0) is 12.3. The van der Waals surface area contributed by atoms with Crippen LogP contribution < -0.4 is 0 Å². The Bertz CT molecular complexity index is 394. The van der Waals surface area contributed by atoms with E-state index in [9.17, 15) is 9.59 Å². The largest absolute Gasteiger partial charge is 0.465 e. The lowest BCUT2D eigenvalue weighted by atomic mass is 9.98. The van der Waals surface area contributed by atoms with Gasteiger partial charge in [-0.3, -0.25) is 0 Å². The lowest BCUT2D eigenvalue weighted by Crippen LogP contribution is -2.10. The molecule has 1 aromatic rings. The van der Waals surface area contributed by atoms with Gasteiger partial charge in [-0.15, -0.1) is 0 Å². The highest BCUT2D eigenvalue weighted by atomic mass is 16.5. The highest BCUT2D eigenvalue weighted by molar-refractivity contribution is 5.96. The number of hydrogen-bond acceptors (Lipinski definition) is 4. The molecule has 0 aromatic heterocycles. The number of carbonyl (C=O) groups is 2. The third-order valence-electron chi connectivity index (χ3n) is 2.60. The van der Waals surface area contributed by atoms with Crippen molar-refractivity contribution < 1.29 is 19.1 Å². The Morgan fingerprint density at radius 1 is 0.875 bits per heavy atom. The second-order valence-electron chi connectivity index (χ2n) is 3.39. The molecule has 1 aromatic carbocycles. The first kappa shape index (κ1) is 12.2. The Balaban J connectivity index is 3.28. The molecule has 0 heterocycles. The highest BCUT2D eigenvalue weighted by Gasteiger charge is 2.16. The fraction of sp³-hybridized carbons (Fsp3) is 0.333. The molecule has 0 saturated heterocycles. The van der Waals surface area contributed by atoms with Crippen molar-refractivity contribution in [3.63, 3.8) is 0 Å². The molecule has 0 aliphatic carbocycles. The summed E-state index contributed by atoms with van der Waals surface area (Å²) in [4.78, 5) is 22.8. The predicted octanol–water partition coefficient (Wildman–Crippen LogP) is 1.88. The molecule has 0 N–H and O–H groups in total. The van der Waals surface area contributed by atoms with Crippen molar-refractivity contribution in [2.24, 2.45) is 0 Å². The summed E-state index contributed by atoms with van der Waals surface area (Å²) >= 11 is 0. The van der Waals surface area contributed by atoms with Crippen molar-refractivity contribution in [3.05, 3.63) is 34.4 Å². The van der Waals surface area contributed by atoms with Gasteiger partial charge in [-0.2, -0.15) is 0 Å². The molecule has 0 fully saturated rings. The number of ether oxygens (including phenoxy) is 2. The number of hydrogen-bond donors (Lipinski definition) is 0. The summed E-state index contributed by atoms with van der Waals surface area (Å²) < 4.78 is 9.29. The van der Waals surface area contributed by atoms with Crippen molar-refractivity contribution in [2.45, 2.75) is 13.8 Å². The average molecular weight is 222 g/mol. The van der Waals surface area contributed by atoms with Gasteiger partial charge in [0.2, 0.25) is 0 Å². The third kappa shape index (κ3) is 2.05. The molecule has 0 atom stereocenters. The van der Waals surface area contributed by atoms with Gasteiger partial charge in [0.25, 0.3) is 0 Å². The number of methoxy groups -OCH3 is 2. The summed E-state index contributed by atoms with van der Waals surface area (Å²) in [6.45, 7) is 3.54. The average Bonchev–Trinajstić information content (AvgIpc) is 2.30. The monoisotopic (exact) mass is 222 g/mol. The number of carbonyl (C=O) groups excluding carboxylic acids is 2. The molecule has 0 bridgehead atoms. The van der Waals surface area contributed by atoms with Crippen LogP contribution in [0.5, 0.6) is 0 Å². The smallest absolute Gasteiger partial charge is 0.338 e. The van der Waals surface area contributed by atoms with E-state index in [1.54, 1.807) is 26.0 Å². The van der Waals surface area contributed by atoms with Gasteiger partial charge in [0.15, 0.2) is 0 Å². The normalized spacial score (nSPS) is 9.75. The third-order valence-corrected chi connectivity index (χ3v) is 2.60. The highest BCUT2D eigenvalue weighted by Crippen LogP contribution is 2.19. The van der Waals surface area contributed by atoms with Gasteiger partial charge < -0.3 is 9.47 Å². The zero-order valence-corrected chi connectivity index (χ0v) is 9.79. The van der Waals surface area contributed by atoms with E-state index >= 15 is 0 Å². The molecule has 86 valence electrons. The van der Waals surface area contributed by atoms with Crippen LogP contribution in [0.3, 0.4) is 0 Å². The van der Waals surface area contributed by atoms with Crippen LogP contribution >= 0.6 is 0 Å². The number of benzene rings is 1. The second-order valence-corrected chi connectivity index (χ2v) is 3.39.